The van der Waals surface area contributed by atoms with Gasteiger partial charge in [-0.25, -0.2) is 0 Å². The van der Waals surface area contributed by atoms with Crippen LogP contribution in [-0.2, 0) is 24.3 Å². The molecule has 0 aliphatic rings. The van der Waals surface area contributed by atoms with E-state index in [4.69, 9.17) is 14.9 Å². The van der Waals surface area contributed by atoms with Gasteiger partial charge in [-0.05, 0) is 43.5 Å². The third kappa shape index (κ3) is 4.19. The predicted octanol–water partition coefficient (Wildman–Crippen LogP) is 2.59. The number of aryl methyl sites for hydroxylation is 2. The first-order chi connectivity index (χ1) is 9.29. The summed E-state index contributed by atoms with van der Waals surface area (Å²) in [6.07, 6.45) is 5.66. The van der Waals surface area contributed by atoms with Gasteiger partial charge in [0.25, 0.3) is 0 Å². The van der Waals surface area contributed by atoms with Crippen LogP contribution in [-0.4, -0.2) is 11.6 Å². The number of nitrogens with zero attached hydrogens (tertiary/aromatic N) is 1. The van der Waals surface area contributed by atoms with E-state index in [1.54, 1.807) is 0 Å². The Morgan fingerprint density at radius 3 is 2.79 bits per heavy atom. The molecule has 4 heteroatoms. The number of ether oxygens (including phenoxy) is 1. The molecule has 2 aromatic heterocycles. The zero-order valence-corrected chi connectivity index (χ0v) is 11.3. The Kier molecular flexibility index (Phi) is 5.12. The van der Waals surface area contributed by atoms with Gasteiger partial charge in [0.05, 0.1) is 13.2 Å². The predicted molar refractivity (Wildman–Crippen MR) is 73.6 cm³/mol. The summed E-state index contributed by atoms with van der Waals surface area (Å²) in [6, 6.07) is 6.04. The third-order valence-corrected chi connectivity index (χ3v) is 3.03. The Bertz CT molecular complexity index is 494. The molecule has 0 fully saturated rings. The first-order valence-electron chi connectivity index (χ1n) is 6.54. The first-order valence-corrected chi connectivity index (χ1v) is 6.54. The molecule has 2 heterocycles. The maximum absolute atomic E-state index is 5.66. The SMILES string of the molecule is Cc1oc(CN)cc1COCCCc1ccncc1. The molecule has 0 amide bonds. The van der Waals surface area contributed by atoms with E-state index >= 15 is 0 Å². The second kappa shape index (κ2) is 7.07. The number of rotatable bonds is 7. The molecule has 0 aliphatic heterocycles. The summed E-state index contributed by atoms with van der Waals surface area (Å²) < 4.78 is 11.1. The topological polar surface area (TPSA) is 61.3 Å². The van der Waals surface area contributed by atoms with E-state index in [0.29, 0.717) is 13.2 Å². The second-order valence-corrected chi connectivity index (χ2v) is 4.51. The zero-order chi connectivity index (χ0) is 13.5. The fourth-order valence-electron chi connectivity index (χ4n) is 1.94. The standard InChI is InChI=1S/C15H20N2O2/c1-12-14(9-15(10-16)19-12)11-18-8-2-3-13-4-6-17-7-5-13/h4-7,9H,2-3,8,10-11,16H2,1H3. The summed E-state index contributed by atoms with van der Waals surface area (Å²) >= 11 is 0. The highest BCUT2D eigenvalue weighted by Crippen LogP contribution is 2.15. The number of aromatic nitrogens is 1. The van der Waals surface area contributed by atoms with Crippen molar-refractivity contribution in [3.05, 3.63) is 53.2 Å². The van der Waals surface area contributed by atoms with E-state index in [0.717, 1.165) is 36.5 Å². The normalized spacial score (nSPS) is 10.8. The van der Waals surface area contributed by atoms with E-state index in [1.165, 1.54) is 5.56 Å². The fraction of sp³-hybridized carbons (Fsp3) is 0.400. The lowest BCUT2D eigenvalue weighted by atomic mass is 10.1. The summed E-state index contributed by atoms with van der Waals surface area (Å²) in [5.41, 5.74) is 7.92. The quantitative estimate of drug-likeness (QED) is 0.777. The molecule has 0 unspecified atom stereocenters. The van der Waals surface area contributed by atoms with E-state index in [-0.39, 0.29) is 0 Å². The molecule has 0 aromatic carbocycles. The molecule has 0 saturated heterocycles. The minimum Gasteiger partial charge on any atom is -0.465 e. The van der Waals surface area contributed by atoms with Crippen molar-refractivity contribution in [2.24, 2.45) is 5.73 Å². The van der Waals surface area contributed by atoms with Crippen molar-refractivity contribution < 1.29 is 9.15 Å². The lowest BCUT2D eigenvalue weighted by Gasteiger charge is -2.03. The van der Waals surface area contributed by atoms with Crippen LogP contribution >= 0.6 is 0 Å². The Morgan fingerprint density at radius 1 is 1.32 bits per heavy atom. The molecule has 0 bridgehead atoms. The first kappa shape index (κ1) is 13.8. The maximum Gasteiger partial charge on any atom is 0.118 e. The van der Waals surface area contributed by atoms with Crippen molar-refractivity contribution in [2.75, 3.05) is 6.61 Å². The molecular weight excluding hydrogens is 240 g/mol. The van der Waals surface area contributed by atoms with Gasteiger partial charge in [0.15, 0.2) is 0 Å². The van der Waals surface area contributed by atoms with Crippen LogP contribution in [0.5, 0.6) is 0 Å². The molecule has 0 radical (unpaired) electrons. The average Bonchev–Trinajstić information content (AvgIpc) is 2.80. The average molecular weight is 260 g/mol. The van der Waals surface area contributed by atoms with Crippen molar-refractivity contribution >= 4 is 0 Å². The molecule has 2 aromatic rings. The molecule has 0 spiro atoms. The van der Waals surface area contributed by atoms with Crippen molar-refractivity contribution in [1.29, 1.82) is 0 Å². The molecule has 0 saturated carbocycles. The van der Waals surface area contributed by atoms with Crippen molar-refractivity contribution in [2.45, 2.75) is 32.9 Å². The van der Waals surface area contributed by atoms with E-state index in [2.05, 4.69) is 4.98 Å². The summed E-state index contributed by atoms with van der Waals surface area (Å²) in [7, 11) is 0. The van der Waals surface area contributed by atoms with Crippen LogP contribution in [0.1, 0.15) is 29.1 Å². The summed E-state index contributed by atoms with van der Waals surface area (Å²) in [5, 5.41) is 0. The second-order valence-electron chi connectivity index (χ2n) is 4.51. The summed E-state index contributed by atoms with van der Waals surface area (Å²) in [5.74, 6) is 1.71. The van der Waals surface area contributed by atoms with Gasteiger partial charge in [0.1, 0.15) is 11.5 Å². The van der Waals surface area contributed by atoms with Crippen LogP contribution in [0.25, 0.3) is 0 Å². The largest absolute Gasteiger partial charge is 0.465 e. The molecule has 2 rings (SSSR count). The molecule has 19 heavy (non-hydrogen) atoms. The van der Waals surface area contributed by atoms with Gasteiger partial charge in [-0.15, -0.1) is 0 Å². The van der Waals surface area contributed by atoms with Gasteiger partial charge in [0.2, 0.25) is 0 Å². The Balaban J connectivity index is 1.68. The van der Waals surface area contributed by atoms with Gasteiger partial charge in [-0.1, -0.05) is 0 Å². The van der Waals surface area contributed by atoms with Crippen molar-refractivity contribution in [3.63, 3.8) is 0 Å². The molecule has 0 aliphatic carbocycles. The Hall–Kier alpha value is -1.65. The van der Waals surface area contributed by atoms with Crippen molar-refractivity contribution in [1.82, 2.24) is 4.98 Å². The highest BCUT2D eigenvalue weighted by Gasteiger charge is 2.06. The minimum atomic E-state index is 0.433. The molecule has 2 N–H and O–H groups in total. The Labute approximate surface area is 113 Å². The highest BCUT2D eigenvalue weighted by molar-refractivity contribution is 5.19. The molecule has 102 valence electrons. The third-order valence-electron chi connectivity index (χ3n) is 3.03. The van der Waals surface area contributed by atoms with Gasteiger partial charge in [-0.2, -0.15) is 0 Å². The fourth-order valence-corrected chi connectivity index (χ4v) is 1.94. The van der Waals surface area contributed by atoms with Gasteiger partial charge >= 0.3 is 0 Å². The maximum atomic E-state index is 5.66. The number of furan rings is 1. The minimum absolute atomic E-state index is 0.433. The van der Waals surface area contributed by atoms with Crippen LogP contribution in [0.4, 0.5) is 0 Å². The van der Waals surface area contributed by atoms with E-state index < -0.39 is 0 Å². The monoisotopic (exact) mass is 260 g/mol. The van der Waals surface area contributed by atoms with Gasteiger partial charge < -0.3 is 14.9 Å². The van der Waals surface area contributed by atoms with E-state index in [1.807, 2.05) is 37.5 Å². The van der Waals surface area contributed by atoms with Crippen molar-refractivity contribution in [3.8, 4) is 0 Å². The summed E-state index contributed by atoms with van der Waals surface area (Å²) in [4.78, 5) is 4.00. The van der Waals surface area contributed by atoms with Crippen LogP contribution in [0.3, 0.4) is 0 Å². The molecular formula is C15H20N2O2. The zero-order valence-electron chi connectivity index (χ0n) is 11.3. The number of hydrogen-bond acceptors (Lipinski definition) is 4. The van der Waals surface area contributed by atoms with Crippen LogP contribution in [0.2, 0.25) is 0 Å². The highest BCUT2D eigenvalue weighted by atomic mass is 16.5. The lowest BCUT2D eigenvalue weighted by Crippen LogP contribution is -1.98. The lowest BCUT2D eigenvalue weighted by molar-refractivity contribution is 0.118. The molecule has 0 atom stereocenters. The van der Waals surface area contributed by atoms with Crippen LogP contribution < -0.4 is 5.73 Å². The Morgan fingerprint density at radius 2 is 2.11 bits per heavy atom. The number of pyridine rings is 1. The van der Waals surface area contributed by atoms with E-state index in [9.17, 15) is 0 Å². The van der Waals surface area contributed by atoms with Gasteiger partial charge in [-0.3, -0.25) is 4.98 Å². The van der Waals surface area contributed by atoms with Gasteiger partial charge in [0, 0.05) is 24.6 Å². The smallest absolute Gasteiger partial charge is 0.118 e. The molecule has 4 nitrogen and oxygen atoms in total. The number of hydrogen-bond donors (Lipinski definition) is 1. The number of nitrogens with two attached hydrogens (primary N) is 1. The summed E-state index contributed by atoms with van der Waals surface area (Å²) in [6.45, 7) is 3.70. The van der Waals surface area contributed by atoms with Crippen LogP contribution in [0.15, 0.2) is 35.0 Å². The van der Waals surface area contributed by atoms with Crippen LogP contribution in [0, 0.1) is 6.92 Å².